The smallest absolute Gasteiger partial charge is 0.294 e. The van der Waals surface area contributed by atoms with Gasteiger partial charge >= 0.3 is 0 Å². The number of methoxy groups -OCH3 is 2. The zero-order valence-corrected chi connectivity index (χ0v) is 13.4. The molecule has 5 heteroatoms. The largest absolute Gasteiger partial charge is 0.494 e. The number of pyridine rings is 1. The molecule has 0 radical (unpaired) electrons. The van der Waals surface area contributed by atoms with Crippen LogP contribution in [0.4, 0.5) is 0 Å². The van der Waals surface area contributed by atoms with E-state index in [1.165, 1.54) is 33.5 Å². The average molecular weight is 305 g/mol. The third-order valence-corrected chi connectivity index (χ3v) is 3.57. The van der Waals surface area contributed by atoms with Gasteiger partial charge in [-0.05, 0) is 18.6 Å². The molecule has 2 aromatic rings. The van der Waals surface area contributed by atoms with Crippen molar-refractivity contribution in [2.24, 2.45) is 0 Å². The van der Waals surface area contributed by atoms with Crippen molar-refractivity contribution in [3.8, 4) is 17.2 Å². The number of rotatable bonds is 8. The predicted molar refractivity (Wildman–Crippen MR) is 87.3 cm³/mol. The maximum atomic E-state index is 12.0. The molecule has 0 aliphatic rings. The number of aromatic amines is 1. The minimum atomic E-state index is -0.313. The summed E-state index contributed by atoms with van der Waals surface area (Å²) in [5, 5.41) is 0.789. The molecule has 0 spiro atoms. The van der Waals surface area contributed by atoms with Crippen LogP contribution in [0.15, 0.2) is 23.0 Å². The molecule has 5 nitrogen and oxygen atoms in total. The fourth-order valence-corrected chi connectivity index (χ4v) is 2.43. The maximum absolute atomic E-state index is 12.0. The van der Waals surface area contributed by atoms with Crippen LogP contribution in [-0.4, -0.2) is 25.8 Å². The molecule has 0 aliphatic carbocycles. The van der Waals surface area contributed by atoms with Crippen molar-refractivity contribution in [2.45, 2.75) is 32.6 Å². The highest BCUT2D eigenvalue weighted by molar-refractivity contribution is 5.88. The summed E-state index contributed by atoms with van der Waals surface area (Å²) in [6.45, 7) is 2.87. The zero-order chi connectivity index (χ0) is 15.9. The SMILES string of the molecule is CCCCCCOc1ccc2c(OC)c(OC)c(=O)[nH]c2c1. The monoisotopic (exact) mass is 305 g/mol. The Morgan fingerprint density at radius 1 is 1.05 bits per heavy atom. The number of unbranched alkanes of at least 4 members (excludes halogenated alkanes) is 3. The molecule has 1 aromatic heterocycles. The Labute approximate surface area is 130 Å². The van der Waals surface area contributed by atoms with E-state index in [1.807, 2.05) is 18.2 Å². The topological polar surface area (TPSA) is 60.6 Å². The van der Waals surface area contributed by atoms with E-state index in [0.29, 0.717) is 17.9 Å². The zero-order valence-electron chi connectivity index (χ0n) is 13.4. The minimum absolute atomic E-state index is 0.184. The van der Waals surface area contributed by atoms with Crippen LogP contribution in [0.1, 0.15) is 32.6 Å². The van der Waals surface area contributed by atoms with Crippen LogP contribution in [0.5, 0.6) is 17.2 Å². The van der Waals surface area contributed by atoms with Gasteiger partial charge in [0.05, 0.1) is 26.3 Å². The van der Waals surface area contributed by atoms with Crippen molar-refractivity contribution < 1.29 is 14.2 Å². The fraction of sp³-hybridized carbons (Fsp3) is 0.471. The van der Waals surface area contributed by atoms with Crippen molar-refractivity contribution >= 4 is 10.9 Å². The molecule has 0 bridgehead atoms. The molecular weight excluding hydrogens is 282 g/mol. The molecule has 0 amide bonds. The van der Waals surface area contributed by atoms with Crippen molar-refractivity contribution in [3.63, 3.8) is 0 Å². The summed E-state index contributed by atoms with van der Waals surface area (Å²) in [4.78, 5) is 14.8. The van der Waals surface area contributed by atoms with Crippen LogP contribution in [-0.2, 0) is 0 Å². The standard InChI is InChI=1S/C17H23NO4/c1-4-5-6-7-10-22-12-8-9-13-14(11-12)18-17(19)16(21-3)15(13)20-2/h8-9,11H,4-7,10H2,1-3H3,(H,18,19). The molecule has 1 heterocycles. The molecule has 0 unspecified atom stereocenters. The highest BCUT2D eigenvalue weighted by Gasteiger charge is 2.14. The van der Waals surface area contributed by atoms with Gasteiger partial charge < -0.3 is 19.2 Å². The van der Waals surface area contributed by atoms with Gasteiger partial charge in [0, 0.05) is 11.5 Å². The molecule has 0 fully saturated rings. The predicted octanol–water partition coefficient (Wildman–Crippen LogP) is 3.50. The van der Waals surface area contributed by atoms with Gasteiger partial charge in [0.25, 0.3) is 5.56 Å². The molecular formula is C17H23NO4. The van der Waals surface area contributed by atoms with E-state index in [9.17, 15) is 4.79 Å². The fourth-order valence-electron chi connectivity index (χ4n) is 2.43. The number of aromatic nitrogens is 1. The lowest BCUT2D eigenvalue weighted by molar-refractivity contribution is 0.305. The number of hydrogen-bond acceptors (Lipinski definition) is 4. The first kappa shape index (κ1) is 16.2. The second kappa shape index (κ2) is 7.73. The van der Waals surface area contributed by atoms with E-state index in [0.717, 1.165) is 17.6 Å². The molecule has 0 saturated heterocycles. The van der Waals surface area contributed by atoms with Crippen molar-refractivity contribution in [1.82, 2.24) is 4.98 Å². The molecule has 1 aromatic carbocycles. The summed E-state index contributed by atoms with van der Waals surface area (Å²) in [5.41, 5.74) is 0.362. The summed E-state index contributed by atoms with van der Waals surface area (Å²) in [6, 6.07) is 5.56. The average Bonchev–Trinajstić information content (AvgIpc) is 2.53. The summed E-state index contributed by atoms with van der Waals surface area (Å²) < 4.78 is 16.2. The Bertz CT molecular complexity index is 678. The maximum Gasteiger partial charge on any atom is 0.294 e. The van der Waals surface area contributed by atoms with Crippen LogP contribution in [0.3, 0.4) is 0 Å². The first-order valence-electron chi connectivity index (χ1n) is 7.62. The van der Waals surface area contributed by atoms with Crippen LogP contribution < -0.4 is 19.8 Å². The molecule has 120 valence electrons. The summed E-state index contributed by atoms with van der Waals surface area (Å²) in [6.07, 6.45) is 4.64. The van der Waals surface area contributed by atoms with Crippen molar-refractivity contribution in [3.05, 3.63) is 28.6 Å². The quantitative estimate of drug-likeness (QED) is 0.758. The van der Waals surface area contributed by atoms with Gasteiger partial charge in [-0.2, -0.15) is 0 Å². The summed E-state index contributed by atoms with van der Waals surface area (Å²) in [7, 11) is 2.97. The minimum Gasteiger partial charge on any atom is -0.494 e. The first-order valence-corrected chi connectivity index (χ1v) is 7.62. The molecule has 22 heavy (non-hydrogen) atoms. The normalized spacial score (nSPS) is 10.7. The highest BCUT2D eigenvalue weighted by atomic mass is 16.5. The van der Waals surface area contributed by atoms with Crippen LogP contribution in [0.2, 0.25) is 0 Å². The van der Waals surface area contributed by atoms with Crippen LogP contribution in [0, 0.1) is 0 Å². The Morgan fingerprint density at radius 2 is 1.82 bits per heavy atom. The Hall–Kier alpha value is -2.17. The number of H-pyrrole nitrogens is 1. The van der Waals surface area contributed by atoms with E-state index < -0.39 is 0 Å². The summed E-state index contributed by atoms with van der Waals surface area (Å²) in [5.74, 6) is 1.37. The van der Waals surface area contributed by atoms with Gasteiger partial charge in [0.1, 0.15) is 5.75 Å². The van der Waals surface area contributed by atoms with Crippen molar-refractivity contribution in [1.29, 1.82) is 0 Å². The van der Waals surface area contributed by atoms with E-state index in [-0.39, 0.29) is 11.3 Å². The third kappa shape index (κ3) is 3.53. The second-order valence-corrected chi connectivity index (χ2v) is 5.14. The van der Waals surface area contributed by atoms with Crippen LogP contribution >= 0.6 is 0 Å². The van der Waals surface area contributed by atoms with E-state index in [2.05, 4.69) is 11.9 Å². The van der Waals surface area contributed by atoms with Gasteiger partial charge in [0.2, 0.25) is 5.75 Å². The lowest BCUT2D eigenvalue weighted by Crippen LogP contribution is -2.11. The molecule has 0 saturated carbocycles. The highest BCUT2D eigenvalue weighted by Crippen LogP contribution is 2.32. The lowest BCUT2D eigenvalue weighted by Gasteiger charge is -2.11. The second-order valence-electron chi connectivity index (χ2n) is 5.14. The summed E-state index contributed by atoms with van der Waals surface area (Å²) >= 11 is 0. The van der Waals surface area contributed by atoms with E-state index in [1.54, 1.807) is 0 Å². The Morgan fingerprint density at radius 3 is 2.50 bits per heavy atom. The lowest BCUT2D eigenvalue weighted by atomic mass is 10.2. The van der Waals surface area contributed by atoms with Crippen molar-refractivity contribution in [2.75, 3.05) is 20.8 Å². The molecule has 2 rings (SSSR count). The number of hydrogen-bond donors (Lipinski definition) is 1. The Kier molecular flexibility index (Phi) is 5.69. The molecule has 0 aliphatic heterocycles. The number of nitrogens with one attached hydrogen (secondary N) is 1. The van der Waals surface area contributed by atoms with Gasteiger partial charge in [-0.1, -0.05) is 26.2 Å². The van der Waals surface area contributed by atoms with Gasteiger partial charge in [-0.15, -0.1) is 0 Å². The molecule has 1 N–H and O–H groups in total. The van der Waals surface area contributed by atoms with Crippen LogP contribution in [0.25, 0.3) is 10.9 Å². The Balaban J connectivity index is 2.22. The van der Waals surface area contributed by atoms with E-state index in [4.69, 9.17) is 14.2 Å². The van der Waals surface area contributed by atoms with E-state index >= 15 is 0 Å². The molecule has 0 atom stereocenters. The van der Waals surface area contributed by atoms with Gasteiger partial charge in [-0.3, -0.25) is 4.79 Å². The van der Waals surface area contributed by atoms with Gasteiger partial charge in [0.15, 0.2) is 5.75 Å². The number of fused-ring (bicyclic) bond motifs is 1. The first-order chi connectivity index (χ1) is 10.7. The number of ether oxygens (including phenoxy) is 3. The number of benzene rings is 1. The third-order valence-electron chi connectivity index (χ3n) is 3.57. The van der Waals surface area contributed by atoms with Gasteiger partial charge in [-0.25, -0.2) is 0 Å².